The highest BCUT2D eigenvalue weighted by molar-refractivity contribution is 7.09. The monoisotopic (exact) mass is 237 g/mol. The largest absolute Gasteiger partial charge is 0.394 e. The Kier molecular flexibility index (Phi) is 3.71. The van der Waals surface area contributed by atoms with E-state index in [4.69, 9.17) is 0 Å². The third-order valence-electron chi connectivity index (χ3n) is 2.50. The minimum Gasteiger partial charge on any atom is -0.394 e. The van der Waals surface area contributed by atoms with Gasteiger partial charge >= 0.3 is 0 Å². The number of aliphatic hydroxyl groups excluding tert-OH is 1. The van der Waals surface area contributed by atoms with Crippen molar-refractivity contribution in [2.75, 3.05) is 6.61 Å². The number of nitrogens with zero attached hydrogens (tertiary/aromatic N) is 2. The van der Waals surface area contributed by atoms with E-state index in [-0.39, 0.29) is 12.6 Å². The molecule has 5 heteroatoms. The topological polar surface area (TPSA) is 50.1 Å². The van der Waals surface area contributed by atoms with Gasteiger partial charge in [0.25, 0.3) is 0 Å². The summed E-state index contributed by atoms with van der Waals surface area (Å²) < 4.78 is 1.92. The maximum atomic E-state index is 9.35. The summed E-state index contributed by atoms with van der Waals surface area (Å²) in [4.78, 5) is 5.31. The van der Waals surface area contributed by atoms with Crippen LogP contribution in [0.2, 0.25) is 0 Å². The Bertz CT molecular complexity index is 424. The molecule has 2 aromatic heterocycles. The molecule has 0 radical (unpaired) electrons. The second-order valence-corrected chi connectivity index (χ2v) is 4.66. The third-order valence-corrected chi connectivity index (χ3v) is 3.37. The van der Waals surface area contributed by atoms with E-state index in [9.17, 15) is 5.11 Å². The quantitative estimate of drug-likeness (QED) is 0.824. The number of hydrogen-bond donors (Lipinski definition) is 2. The summed E-state index contributed by atoms with van der Waals surface area (Å²) in [6, 6.07) is 4.05. The summed E-state index contributed by atoms with van der Waals surface area (Å²) in [5.74, 6) is 0. The molecule has 16 heavy (non-hydrogen) atoms. The molecular formula is C11H15N3OS. The normalized spacial score (nSPS) is 12.9. The van der Waals surface area contributed by atoms with Gasteiger partial charge in [0.1, 0.15) is 0 Å². The van der Waals surface area contributed by atoms with Gasteiger partial charge in [-0.25, -0.2) is 4.98 Å². The predicted octanol–water partition coefficient (Wildman–Crippen LogP) is 1.30. The lowest BCUT2D eigenvalue weighted by Crippen LogP contribution is -2.25. The molecule has 0 bridgehead atoms. The van der Waals surface area contributed by atoms with Crippen LogP contribution in [0.1, 0.15) is 16.6 Å². The van der Waals surface area contributed by atoms with Gasteiger partial charge in [0.15, 0.2) is 0 Å². The summed E-state index contributed by atoms with van der Waals surface area (Å²) in [5, 5.41) is 14.7. The van der Waals surface area contributed by atoms with Crippen molar-refractivity contribution < 1.29 is 5.11 Å². The Balaban J connectivity index is 1.99. The highest BCUT2D eigenvalue weighted by Gasteiger charge is 2.13. The molecule has 2 heterocycles. The van der Waals surface area contributed by atoms with Crippen LogP contribution in [-0.2, 0) is 13.6 Å². The van der Waals surface area contributed by atoms with Crippen molar-refractivity contribution in [1.82, 2.24) is 14.9 Å². The van der Waals surface area contributed by atoms with Gasteiger partial charge in [0, 0.05) is 24.7 Å². The first-order chi connectivity index (χ1) is 7.81. The first-order valence-corrected chi connectivity index (χ1v) is 6.02. The molecule has 1 unspecified atom stereocenters. The van der Waals surface area contributed by atoms with Crippen LogP contribution in [0.15, 0.2) is 30.0 Å². The van der Waals surface area contributed by atoms with Gasteiger partial charge in [-0.3, -0.25) is 0 Å². The van der Waals surface area contributed by atoms with Crippen molar-refractivity contribution in [2.45, 2.75) is 12.6 Å². The molecular weight excluding hydrogens is 222 g/mol. The first kappa shape index (κ1) is 11.3. The summed E-state index contributed by atoms with van der Waals surface area (Å²) in [6.07, 6.45) is 3.52. The van der Waals surface area contributed by atoms with Gasteiger partial charge in [-0.15, -0.1) is 11.3 Å². The van der Waals surface area contributed by atoms with Crippen molar-refractivity contribution in [3.8, 4) is 0 Å². The SMILES string of the molecule is Cn1cncc1C(CO)NCc1cccs1. The zero-order valence-corrected chi connectivity index (χ0v) is 9.94. The van der Waals surface area contributed by atoms with E-state index >= 15 is 0 Å². The molecule has 0 aliphatic rings. The van der Waals surface area contributed by atoms with Crippen LogP contribution >= 0.6 is 11.3 Å². The number of nitrogens with one attached hydrogen (secondary N) is 1. The lowest BCUT2D eigenvalue weighted by atomic mass is 10.2. The molecule has 0 aliphatic heterocycles. The number of rotatable bonds is 5. The number of aliphatic hydroxyl groups is 1. The average molecular weight is 237 g/mol. The van der Waals surface area contributed by atoms with Crippen LogP contribution < -0.4 is 5.32 Å². The molecule has 0 spiro atoms. The fraction of sp³-hybridized carbons (Fsp3) is 0.364. The Hall–Kier alpha value is -1.17. The van der Waals surface area contributed by atoms with Crippen molar-refractivity contribution >= 4 is 11.3 Å². The zero-order chi connectivity index (χ0) is 11.4. The summed E-state index contributed by atoms with van der Waals surface area (Å²) in [5.41, 5.74) is 0.999. The van der Waals surface area contributed by atoms with Crippen molar-refractivity contribution in [3.63, 3.8) is 0 Å². The minimum absolute atomic E-state index is 0.0606. The summed E-state index contributed by atoms with van der Waals surface area (Å²) in [7, 11) is 1.93. The molecule has 0 saturated carbocycles. The highest BCUT2D eigenvalue weighted by atomic mass is 32.1. The van der Waals surface area contributed by atoms with Crippen LogP contribution in [0.4, 0.5) is 0 Å². The molecule has 0 fully saturated rings. The van der Waals surface area contributed by atoms with Gasteiger partial charge in [0.05, 0.1) is 24.7 Å². The van der Waals surface area contributed by atoms with Gasteiger partial charge in [-0.2, -0.15) is 0 Å². The van der Waals surface area contributed by atoms with E-state index in [1.165, 1.54) is 4.88 Å². The highest BCUT2D eigenvalue weighted by Crippen LogP contribution is 2.13. The number of aryl methyl sites for hydroxylation is 1. The second kappa shape index (κ2) is 5.25. The van der Waals surface area contributed by atoms with Crippen LogP contribution in [0.5, 0.6) is 0 Å². The van der Waals surface area contributed by atoms with E-state index in [1.54, 1.807) is 23.9 Å². The standard InChI is InChI=1S/C11H15N3OS/c1-14-8-12-6-11(14)10(7-15)13-5-9-3-2-4-16-9/h2-4,6,8,10,13,15H,5,7H2,1H3. The predicted molar refractivity (Wildman–Crippen MR) is 64.2 cm³/mol. The Morgan fingerprint density at radius 3 is 3.06 bits per heavy atom. The van der Waals surface area contributed by atoms with E-state index in [2.05, 4.69) is 21.7 Å². The molecule has 0 aliphatic carbocycles. The van der Waals surface area contributed by atoms with Crippen LogP contribution in [0, 0.1) is 0 Å². The summed E-state index contributed by atoms with van der Waals surface area (Å²) >= 11 is 1.71. The first-order valence-electron chi connectivity index (χ1n) is 5.14. The Labute approximate surface area is 98.6 Å². The minimum atomic E-state index is -0.0606. The van der Waals surface area contributed by atoms with Gasteiger partial charge in [0.2, 0.25) is 0 Å². The van der Waals surface area contributed by atoms with E-state index in [0.29, 0.717) is 0 Å². The maximum absolute atomic E-state index is 9.35. The molecule has 4 nitrogen and oxygen atoms in total. The fourth-order valence-corrected chi connectivity index (χ4v) is 2.26. The molecule has 86 valence electrons. The lowest BCUT2D eigenvalue weighted by Gasteiger charge is -2.16. The van der Waals surface area contributed by atoms with E-state index in [0.717, 1.165) is 12.2 Å². The number of imidazole rings is 1. The van der Waals surface area contributed by atoms with Crippen LogP contribution in [-0.4, -0.2) is 21.3 Å². The molecule has 2 aromatic rings. The smallest absolute Gasteiger partial charge is 0.0946 e. The Morgan fingerprint density at radius 2 is 2.50 bits per heavy atom. The second-order valence-electron chi connectivity index (χ2n) is 3.62. The number of hydrogen-bond acceptors (Lipinski definition) is 4. The third kappa shape index (κ3) is 2.49. The molecule has 1 atom stereocenters. The molecule has 0 saturated heterocycles. The molecule has 2 rings (SSSR count). The van der Waals surface area contributed by atoms with Crippen molar-refractivity contribution in [1.29, 1.82) is 0 Å². The summed E-state index contributed by atoms with van der Waals surface area (Å²) in [6.45, 7) is 0.846. The Morgan fingerprint density at radius 1 is 1.62 bits per heavy atom. The van der Waals surface area contributed by atoms with Crippen LogP contribution in [0.3, 0.4) is 0 Å². The maximum Gasteiger partial charge on any atom is 0.0946 e. The van der Waals surface area contributed by atoms with Gasteiger partial charge in [-0.05, 0) is 11.4 Å². The average Bonchev–Trinajstić information content (AvgIpc) is 2.92. The van der Waals surface area contributed by atoms with Gasteiger partial charge < -0.3 is 15.0 Å². The van der Waals surface area contributed by atoms with Crippen molar-refractivity contribution in [3.05, 3.63) is 40.6 Å². The number of thiophene rings is 1. The lowest BCUT2D eigenvalue weighted by molar-refractivity contribution is 0.239. The fourth-order valence-electron chi connectivity index (χ4n) is 1.60. The number of aromatic nitrogens is 2. The molecule has 2 N–H and O–H groups in total. The zero-order valence-electron chi connectivity index (χ0n) is 9.13. The van der Waals surface area contributed by atoms with E-state index < -0.39 is 0 Å². The van der Waals surface area contributed by atoms with Gasteiger partial charge in [-0.1, -0.05) is 6.07 Å². The van der Waals surface area contributed by atoms with E-state index in [1.807, 2.05) is 17.7 Å². The molecule has 0 aromatic carbocycles. The van der Waals surface area contributed by atoms with Crippen molar-refractivity contribution in [2.24, 2.45) is 7.05 Å². The molecule has 0 amide bonds. The van der Waals surface area contributed by atoms with Crippen LogP contribution in [0.25, 0.3) is 0 Å².